The molecule has 13 heteroatoms. The molecule has 4 amide bonds. The molecule has 0 aliphatic carbocycles. The van der Waals surface area contributed by atoms with Crippen LogP contribution in [0.2, 0.25) is 0 Å². The Morgan fingerprint density at radius 2 is 1.27 bits per heavy atom. The number of carbonyl (C=O) groups is 4. The lowest BCUT2D eigenvalue weighted by atomic mass is 10.2. The summed E-state index contributed by atoms with van der Waals surface area (Å²) in [5.74, 6) is -2.80. The topological polar surface area (TPSA) is 152 Å². The van der Waals surface area contributed by atoms with Gasteiger partial charge in [-0.2, -0.15) is 0 Å². The predicted octanol–water partition coefficient (Wildman–Crippen LogP) is 2.78. The van der Waals surface area contributed by atoms with E-state index >= 15 is 0 Å². The summed E-state index contributed by atoms with van der Waals surface area (Å²) in [6.45, 7) is 4.12. The lowest BCUT2D eigenvalue weighted by Gasteiger charge is -2.25. The van der Waals surface area contributed by atoms with Gasteiger partial charge in [0.2, 0.25) is 17.7 Å². The largest absolute Gasteiger partial charge is 0.445 e. The number of hydrogen-bond acceptors (Lipinski definition) is 8. The molecule has 12 nitrogen and oxygen atoms in total. The minimum absolute atomic E-state index is 0.0359. The van der Waals surface area contributed by atoms with Crippen LogP contribution >= 0.6 is 7.60 Å². The number of hydrogen-bond donors (Lipinski definition) is 3. The number of amides is 4. The number of rotatable bonds is 14. The molecule has 218 valence electrons. The highest BCUT2D eigenvalue weighted by Gasteiger charge is 2.33. The van der Waals surface area contributed by atoms with Crippen molar-refractivity contribution in [2.24, 2.45) is 0 Å². The fourth-order valence-corrected chi connectivity index (χ4v) is 4.60. The molecular formula is C27H37N4O8P. The van der Waals surface area contributed by atoms with Gasteiger partial charge in [0.05, 0.1) is 0 Å². The van der Waals surface area contributed by atoms with Gasteiger partial charge < -0.3 is 29.7 Å². The average molecular weight is 577 g/mol. The van der Waals surface area contributed by atoms with Gasteiger partial charge in [0.15, 0.2) is 0 Å². The monoisotopic (exact) mass is 576 g/mol. The summed E-state index contributed by atoms with van der Waals surface area (Å²) < 4.78 is 27.5. The van der Waals surface area contributed by atoms with Crippen LogP contribution in [-0.2, 0) is 45.9 Å². The molecule has 0 bridgehead atoms. The van der Waals surface area contributed by atoms with Crippen molar-refractivity contribution in [1.29, 1.82) is 0 Å². The third kappa shape index (κ3) is 10.1. The number of ether oxygens (including phenoxy) is 1. The molecule has 0 saturated heterocycles. The molecule has 3 atom stereocenters. The van der Waals surface area contributed by atoms with Crippen molar-refractivity contribution in [3.63, 3.8) is 0 Å². The third-order valence-corrected chi connectivity index (χ3v) is 7.97. The maximum Gasteiger partial charge on any atom is 0.410 e. The van der Waals surface area contributed by atoms with Gasteiger partial charge >= 0.3 is 13.7 Å². The molecule has 0 aliphatic heterocycles. The van der Waals surface area contributed by atoms with E-state index in [1.165, 1.54) is 39.9 Å². The fraction of sp³-hybridized carbons (Fsp3) is 0.407. The van der Waals surface area contributed by atoms with E-state index in [0.717, 1.165) is 11.1 Å². The molecule has 0 radical (unpaired) electrons. The molecule has 0 aliphatic rings. The van der Waals surface area contributed by atoms with Crippen molar-refractivity contribution in [3.05, 3.63) is 71.8 Å². The maximum absolute atomic E-state index is 12.9. The van der Waals surface area contributed by atoms with Gasteiger partial charge in [-0.25, -0.2) is 4.79 Å². The van der Waals surface area contributed by atoms with Gasteiger partial charge in [0.1, 0.15) is 31.0 Å². The number of benzene rings is 2. The van der Waals surface area contributed by atoms with Crippen LogP contribution in [0.25, 0.3) is 0 Å². The SMILES string of the molecule is COP(=O)(OC)[C@H](C)NC(=O)[C@H](C)NC(=O)[C@H](C)NC(=O)CN(Cc1ccccc1)C(=O)OCc1ccccc1. The lowest BCUT2D eigenvalue weighted by Crippen LogP contribution is -2.53. The quantitative estimate of drug-likeness (QED) is 0.290. The second-order valence-corrected chi connectivity index (χ2v) is 11.6. The smallest absolute Gasteiger partial charge is 0.410 e. The van der Waals surface area contributed by atoms with Crippen LogP contribution in [0.4, 0.5) is 4.79 Å². The summed E-state index contributed by atoms with van der Waals surface area (Å²) in [6.07, 6.45) is -0.691. The average Bonchev–Trinajstić information content (AvgIpc) is 2.95. The number of nitrogens with zero attached hydrogens (tertiary/aromatic N) is 1. The zero-order valence-electron chi connectivity index (χ0n) is 23.3. The minimum atomic E-state index is -3.55. The van der Waals surface area contributed by atoms with Crippen LogP contribution in [0.15, 0.2) is 60.7 Å². The van der Waals surface area contributed by atoms with Crippen molar-refractivity contribution in [2.75, 3.05) is 20.8 Å². The summed E-state index contributed by atoms with van der Waals surface area (Å²) in [7, 11) is -1.15. The minimum Gasteiger partial charge on any atom is -0.445 e. The summed E-state index contributed by atoms with van der Waals surface area (Å²) >= 11 is 0. The van der Waals surface area contributed by atoms with Crippen LogP contribution in [0, 0.1) is 0 Å². The molecule has 40 heavy (non-hydrogen) atoms. The molecule has 3 N–H and O–H groups in total. The summed E-state index contributed by atoms with van der Waals surface area (Å²) in [6, 6.07) is 16.2. The fourth-order valence-electron chi connectivity index (χ4n) is 3.53. The first-order valence-corrected chi connectivity index (χ1v) is 14.2. The van der Waals surface area contributed by atoms with E-state index in [9.17, 15) is 23.7 Å². The Labute approximate surface area is 234 Å². The van der Waals surface area contributed by atoms with Gasteiger partial charge in [-0.05, 0) is 31.9 Å². The van der Waals surface area contributed by atoms with E-state index in [-0.39, 0.29) is 19.7 Å². The Kier molecular flexibility index (Phi) is 12.8. The van der Waals surface area contributed by atoms with Gasteiger partial charge in [0, 0.05) is 20.8 Å². The van der Waals surface area contributed by atoms with Crippen LogP contribution in [0.5, 0.6) is 0 Å². The van der Waals surface area contributed by atoms with Crippen LogP contribution in [0.3, 0.4) is 0 Å². The van der Waals surface area contributed by atoms with E-state index in [0.29, 0.717) is 0 Å². The molecule has 0 aromatic heterocycles. The van der Waals surface area contributed by atoms with Crippen LogP contribution in [0.1, 0.15) is 31.9 Å². The van der Waals surface area contributed by atoms with Gasteiger partial charge in [-0.15, -0.1) is 0 Å². The van der Waals surface area contributed by atoms with E-state index < -0.39 is 49.3 Å². The second-order valence-electron chi connectivity index (χ2n) is 8.99. The predicted molar refractivity (Wildman–Crippen MR) is 148 cm³/mol. The molecule has 0 saturated carbocycles. The first kappa shape index (κ1) is 32.5. The Morgan fingerprint density at radius 3 is 1.82 bits per heavy atom. The maximum atomic E-state index is 12.9. The first-order valence-electron chi connectivity index (χ1n) is 12.6. The highest BCUT2D eigenvalue weighted by atomic mass is 31.2. The third-order valence-electron chi connectivity index (χ3n) is 5.87. The van der Waals surface area contributed by atoms with Gasteiger partial charge in [-0.1, -0.05) is 60.7 Å². The van der Waals surface area contributed by atoms with Gasteiger partial charge in [0.25, 0.3) is 0 Å². The molecule has 0 heterocycles. The molecule has 0 spiro atoms. The van der Waals surface area contributed by atoms with Crippen LogP contribution < -0.4 is 16.0 Å². The zero-order valence-corrected chi connectivity index (χ0v) is 24.2. The Balaban J connectivity index is 1.95. The highest BCUT2D eigenvalue weighted by molar-refractivity contribution is 7.54. The van der Waals surface area contributed by atoms with E-state index in [1.54, 1.807) is 0 Å². The first-order chi connectivity index (χ1) is 19.0. The lowest BCUT2D eigenvalue weighted by molar-refractivity contribution is -0.131. The molecule has 2 rings (SSSR count). The Hall–Kier alpha value is -3.73. The zero-order chi connectivity index (χ0) is 29.7. The van der Waals surface area contributed by atoms with Crippen molar-refractivity contribution in [3.8, 4) is 0 Å². The summed E-state index contributed by atoms with van der Waals surface area (Å²) in [4.78, 5) is 52.0. The molecule has 2 aromatic rings. The molecule has 0 unspecified atom stereocenters. The Bertz CT molecular complexity index is 1170. The Morgan fingerprint density at radius 1 is 0.775 bits per heavy atom. The standard InChI is InChI=1S/C27H37N4O8P/c1-19(25(33)29-20(2)26(34)30-21(3)40(36,37-4)38-5)28-24(32)17-31(16-22-12-8-6-9-13-22)27(35)39-18-23-14-10-7-11-15-23/h6-15,19-21H,16-18H2,1-5H3,(H,28,32)(H,29,33)(H,30,34)/t19-,20-,21+/m0/s1. The van der Waals surface area contributed by atoms with Crippen molar-refractivity contribution < 1.29 is 37.5 Å². The van der Waals surface area contributed by atoms with Crippen LogP contribution in [-0.4, -0.2) is 67.3 Å². The highest BCUT2D eigenvalue weighted by Crippen LogP contribution is 2.50. The van der Waals surface area contributed by atoms with E-state index in [1.807, 2.05) is 60.7 Å². The van der Waals surface area contributed by atoms with E-state index in [2.05, 4.69) is 16.0 Å². The van der Waals surface area contributed by atoms with Crippen molar-refractivity contribution in [2.45, 2.75) is 51.8 Å². The van der Waals surface area contributed by atoms with Crippen molar-refractivity contribution in [1.82, 2.24) is 20.9 Å². The number of nitrogens with one attached hydrogen (secondary N) is 3. The normalized spacial score (nSPS) is 13.3. The van der Waals surface area contributed by atoms with Crippen molar-refractivity contribution >= 4 is 31.4 Å². The summed E-state index contributed by atoms with van der Waals surface area (Å²) in [5.41, 5.74) is 1.59. The summed E-state index contributed by atoms with van der Waals surface area (Å²) in [5, 5.41) is 7.51. The molecule has 0 fully saturated rings. The molecule has 2 aromatic carbocycles. The second kappa shape index (κ2) is 15.8. The molecular weight excluding hydrogens is 539 g/mol. The number of carbonyl (C=O) groups excluding carboxylic acids is 4. The van der Waals surface area contributed by atoms with E-state index in [4.69, 9.17) is 13.8 Å². The van der Waals surface area contributed by atoms with Gasteiger partial charge in [-0.3, -0.25) is 23.8 Å².